The van der Waals surface area contributed by atoms with Gasteiger partial charge < -0.3 is 4.74 Å². The van der Waals surface area contributed by atoms with Gasteiger partial charge in [0.2, 0.25) is 0 Å². The van der Waals surface area contributed by atoms with E-state index in [1.165, 1.54) is 0 Å². The van der Waals surface area contributed by atoms with E-state index in [0.717, 1.165) is 11.3 Å². The van der Waals surface area contributed by atoms with E-state index in [0.29, 0.717) is 5.17 Å². The molecule has 1 aromatic rings. The van der Waals surface area contributed by atoms with Gasteiger partial charge in [-0.1, -0.05) is 23.7 Å². The van der Waals surface area contributed by atoms with Crippen LogP contribution in [-0.2, 0) is 0 Å². The van der Waals surface area contributed by atoms with Crippen molar-refractivity contribution in [3.63, 3.8) is 0 Å². The molecule has 0 amide bonds. The second-order valence-corrected chi connectivity index (χ2v) is 3.84. The Hall–Kier alpha value is -1.02. The normalized spacial score (nSPS) is 25.8. The molecule has 0 bridgehead atoms. The number of hydrogen-bond acceptors (Lipinski definition) is 2. The van der Waals surface area contributed by atoms with Crippen molar-refractivity contribution in [1.29, 1.82) is 0 Å². The zero-order valence-electron chi connectivity index (χ0n) is 8.20. The van der Waals surface area contributed by atoms with Crippen LogP contribution in [0.15, 0.2) is 29.3 Å². The quantitative estimate of drug-likeness (QED) is 0.644. The largest absolute Gasteiger partial charge is 0.488 e. The molecule has 1 aliphatic rings. The average molecular weight is 210 g/mol. The predicted octanol–water partition coefficient (Wildman–Crippen LogP) is 2.84. The highest BCUT2D eigenvalue weighted by atomic mass is 35.5. The summed E-state index contributed by atoms with van der Waals surface area (Å²) in [6, 6.07) is 7.80. The number of benzene rings is 1. The summed E-state index contributed by atoms with van der Waals surface area (Å²) in [6.07, 6.45) is 0.0624. The molecule has 1 aliphatic heterocycles. The molecule has 2 nitrogen and oxygen atoms in total. The first-order valence-electron chi connectivity index (χ1n) is 4.68. The first kappa shape index (κ1) is 9.53. The molecule has 0 unspecified atom stereocenters. The average Bonchev–Trinajstić information content (AvgIpc) is 2.27. The van der Waals surface area contributed by atoms with Crippen molar-refractivity contribution in [2.24, 2.45) is 4.99 Å². The number of hydrogen-bond donors (Lipinski definition) is 0. The van der Waals surface area contributed by atoms with E-state index < -0.39 is 0 Å². The number of rotatable bonds is 0. The molecular weight excluding hydrogens is 198 g/mol. The third-order valence-electron chi connectivity index (χ3n) is 2.42. The molecule has 2 atom stereocenters. The van der Waals surface area contributed by atoms with Crippen LogP contribution in [0.2, 0.25) is 0 Å². The molecule has 3 heteroatoms. The van der Waals surface area contributed by atoms with Crippen LogP contribution in [0.3, 0.4) is 0 Å². The van der Waals surface area contributed by atoms with Gasteiger partial charge in [-0.05, 0) is 26.0 Å². The standard InChI is InChI=1S/C11H12ClNO/c1-7-8(2)14-10-6-4-3-5-9(10)11(12)13-7/h3-8H,1-2H3/t7-,8-/m1/s1. The lowest BCUT2D eigenvalue weighted by Crippen LogP contribution is -2.23. The number of para-hydroxylation sites is 1. The van der Waals surface area contributed by atoms with Crippen molar-refractivity contribution < 1.29 is 4.74 Å². The van der Waals surface area contributed by atoms with Crippen molar-refractivity contribution in [2.75, 3.05) is 0 Å². The summed E-state index contributed by atoms with van der Waals surface area (Å²) in [5.74, 6) is 0.818. The molecule has 0 saturated carbocycles. The smallest absolute Gasteiger partial charge is 0.135 e. The Kier molecular flexibility index (Phi) is 2.46. The topological polar surface area (TPSA) is 21.6 Å². The van der Waals surface area contributed by atoms with Gasteiger partial charge in [0, 0.05) is 0 Å². The zero-order valence-corrected chi connectivity index (χ0v) is 8.95. The Labute approximate surface area is 88.6 Å². The second-order valence-electron chi connectivity index (χ2n) is 3.48. The third kappa shape index (κ3) is 1.62. The lowest BCUT2D eigenvalue weighted by Gasteiger charge is -2.15. The van der Waals surface area contributed by atoms with Gasteiger partial charge in [-0.2, -0.15) is 0 Å². The van der Waals surface area contributed by atoms with Crippen molar-refractivity contribution in [3.05, 3.63) is 29.8 Å². The Morgan fingerprint density at radius 2 is 2.00 bits per heavy atom. The summed E-state index contributed by atoms with van der Waals surface area (Å²) in [7, 11) is 0. The molecule has 1 heterocycles. The van der Waals surface area contributed by atoms with Crippen LogP contribution in [0, 0.1) is 0 Å². The Morgan fingerprint density at radius 1 is 1.29 bits per heavy atom. The van der Waals surface area contributed by atoms with Gasteiger partial charge in [0.25, 0.3) is 0 Å². The van der Waals surface area contributed by atoms with E-state index in [-0.39, 0.29) is 12.1 Å². The summed E-state index contributed by atoms with van der Waals surface area (Å²) in [5, 5.41) is 0.539. The number of nitrogens with zero attached hydrogens (tertiary/aromatic N) is 1. The van der Waals surface area contributed by atoms with Crippen LogP contribution in [-0.4, -0.2) is 17.3 Å². The molecule has 0 aromatic heterocycles. The van der Waals surface area contributed by atoms with Gasteiger partial charge in [-0.25, -0.2) is 0 Å². The van der Waals surface area contributed by atoms with Crippen molar-refractivity contribution >= 4 is 16.8 Å². The number of fused-ring (bicyclic) bond motifs is 1. The first-order valence-corrected chi connectivity index (χ1v) is 5.05. The van der Waals surface area contributed by atoms with Gasteiger partial charge in [-0.3, -0.25) is 4.99 Å². The SMILES string of the molecule is C[C@H]1N=C(Cl)c2ccccc2O[C@@H]1C. The molecular formula is C11H12ClNO. The molecule has 0 fully saturated rings. The number of aliphatic imine (C=N–C) groups is 1. The van der Waals surface area contributed by atoms with Gasteiger partial charge in [-0.15, -0.1) is 0 Å². The fourth-order valence-electron chi connectivity index (χ4n) is 1.39. The molecule has 0 spiro atoms. The minimum atomic E-state index is 0.0624. The van der Waals surface area contributed by atoms with Crippen LogP contribution in [0.4, 0.5) is 0 Å². The van der Waals surface area contributed by atoms with Gasteiger partial charge >= 0.3 is 0 Å². The molecule has 0 radical (unpaired) electrons. The van der Waals surface area contributed by atoms with E-state index in [2.05, 4.69) is 4.99 Å². The lowest BCUT2D eigenvalue weighted by molar-refractivity contribution is 0.200. The lowest BCUT2D eigenvalue weighted by atomic mass is 10.2. The maximum atomic E-state index is 6.08. The molecule has 14 heavy (non-hydrogen) atoms. The van der Waals surface area contributed by atoms with E-state index in [9.17, 15) is 0 Å². The molecule has 0 saturated heterocycles. The minimum Gasteiger partial charge on any atom is -0.488 e. The van der Waals surface area contributed by atoms with Gasteiger partial charge in [0.1, 0.15) is 17.0 Å². The zero-order chi connectivity index (χ0) is 10.1. The van der Waals surface area contributed by atoms with Crippen LogP contribution in [0.25, 0.3) is 0 Å². The highest BCUT2D eigenvalue weighted by Crippen LogP contribution is 2.26. The molecule has 1 aromatic carbocycles. The summed E-state index contributed by atoms with van der Waals surface area (Å²) in [5.41, 5.74) is 0.880. The van der Waals surface area contributed by atoms with Crippen LogP contribution in [0.5, 0.6) is 5.75 Å². The summed E-state index contributed by atoms with van der Waals surface area (Å²) in [6.45, 7) is 4.00. The highest BCUT2D eigenvalue weighted by molar-refractivity contribution is 6.70. The highest BCUT2D eigenvalue weighted by Gasteiger charge is 2.20. The maximum absolute atomic E-state index is 6.08. The van der Waals surface area contributed by atoms with E-state index in [1.54, 1.807) is 0 Å². The third-order valence-corrected chi connectivity index (χ3v) is 2.72. The fraction of sp³-hybridized carbons (Fsp3) is 0.364. The summed E-state index contributed by atoms with van der Waals surface area (Å²) < 4.78 is 5.74. The van der Waals surface area contributed by atoms with Gasteiger partial charge in [0.05, 0.1) is 11.6 Å². The van der Waals surface area contributed by atoms with Gasteiger partial charge in [0.15, 0.2) is 0 Å². The van der Waals surface area contributed by atoms with E-state index in [1.807, 2.05) is 38.1 Å². The van der Waals surface area contributed by atoms with Crippen molar-refractivity contribution in [3.8, 4) is 5.75 Å². The summed E-state index contributed by atoms with van der Waals surface area (Å²) >= 11 is 6.08. The second kappa shape index (κ2) is 3.62. The summed E-state index contributed by atoms with van der Waals surface area (Å²) in [4.78, 5) is 4.36. The molecule has 74 valence electrons. The first-order chi connectivity index (χ1) is 6.68. The molecule has 2 rings (SSSR count). The van der Waals surface area contributed by atoms with E-state index >= 15 is 0 Å². The minimum absolute atomic E-state index is 0.0624. The Balaban J connectivity index is 2.50. The Morgan fingerprint density at radius 3 is 2.79 bits per heavy atom. The molecule has 0 aliphatic carbocycles. The van der Waals surface area contributed by atoms with Crippen molar-refractivity contribution in [2.45, 2.75) is 26.0 Å². The van der Waals surface area contributed by atoms with E-state index in [4.69, 9.17) is 16.3 Å². The van der Waals surface area contributed by atoms with Crippen LogP contribution >= 0.6 is 11.6 Å². The Bertz CT molecular complexity index is 375. The van der Waals surface area contributed by atoms with Crippen molar-refractivity contribution in [1.82, 2.24) is 0 Å². The predicted molar refractivity (Wildman–Crippen MR) is 58.4 cm³/mol. The number of halogens is 1. The maximum Gasteiger partial charge on any atom is 0.135 e. The fourth-order valence-corrected chi connectivity index (χ4v) is 1.70. The number of ether oxygens (including phenoxy) is 1. The van der Waals surface area contributed by atoms with Crippen LogP contribution < -0.4 is 4.74 Å². The molecule has 0 N–H and O–H groups in total. The monoisotopic (exact) mass is 209 g/mol. The van der Waals surface area contributed by atoms with Crippen LogP contribution in [0.1, 0.15) is 19.4 Å².